The maximum Gasteiger partial charge on any atom is 0.409 e. The minimum Gasteiger partial charge on any atom is -0.450 e. The lowest BCUT2D eigenvalue weighted by Crippen LogP contribution is -2.55. The second-order valence-corrected chi connectivity index (χ2v) is 9.47. The molecule has 8 nitrogen and oxygen atoms in total. The predicted octanol–water partition coefficient (Wildman–Crippen LogP) is 3.80. The van der Waals surface area contributed by atoms with Crippen LogP contribution in [-0.4, -0.2) is 73.1 Å². The van der Waals surface area contributed by atoms with Crippen LogP contribution in [0.3, 0.4) is 0 Å². The van der Waals surface area contributed by atoms with E-state index in [0.717, 1.165) is 62.5 Å². The number of rotatable bonds is 5. The molecule has 1 N–H and O–H groups in total. The Hall–Kier alpha value is -3.26. The standard InChI is InChI=1S/C27H35N5O3/c1-3-34-27(33)32-14-13-24(19-20(32)2)31-17-15-30(16-18-31)23-11-9-21(10-12-23)25-28-26(35-29-25)22-7-5-4-6-8-22/h4-12,20,24,26H,3,13-19H2,1-2H3,(H,28,29). The molecule has 0 aromatic heterocycles. The number of carbonyl (C=O) groups is 1. The van der Waals surface area contributed by atoms with E-state index in [-0.39, 0.29) is 18.4 Å². The molecule has 8 heteroatoms. The minimum absolute atomic E-state index is 0.173. The van der Waals surface area contributed by atoms with Gasteiger partial charge in [-0.2, -0.15) is 0 Å². The van der Waals surface area contributed by atoms with E-state index in [9.17, 15) is 4.79 Å². The Morgan fingerprint density at radius 1 is 1.06 bits per heavy atom. The van der Waals surface area contributed by atoms with Gasteiger partial charge in [-0.3, -0.25) is 4.90 Å². The Kier molecular flexibility index (Phi) is 7.08. The molecule has 3 aliphatic rings. The first-order valence-corrected chi connectivity index (χ1v) is 12.7. The normalized spacial score (nSPS) is 25.0. The lowest BCUT2D eigenvalue weighted by molar-refractivity contribution is 0.0490. The number of amides is 1. The van der Waals surface area contributed by atoms with E-state index in [0.29, 0.717) is 12.6 Å². The van der Waals surface area contributed by atoms with Gasteiger partial charge in [-0.05, 0) is 51.0 Å². The molecule has 3 heterocycles. The van der Waals surface area contributed by atoms with Crippen LogP contribution in [0.25, 0.3) is 0 Å². The Labute approximate surface area is 207 Å². The van der Waals surface area contributed by atoms with Crippen molar-refractivity contribution in [1.29, 1.82) is 0 Å². The van der Waals surface area contributed by atoms with Gasteiger partial charge in [-0.1, -0.05) is 35.5 Å². The van der Waals surface area contributed by atoms with E-state index in [1.54, 1.807) is 0 Å². The molecule has 0 saturated carbocycles. The fourth-order valence-corrected chi connectivity index (χ4v) is 5.32. The topological polar surface area (TPSA) is 69.6 Å². The van der Waals surface area contributed by atoms with Gasteiger partial charge in [0.1, 0.15) is 0 Å². The van der Waals surface area contributed by atoms with Crippen LogP contribution >= 0.6 is 0 Å². The van der Waals surface area contributed by atoms with Gasteiger partial charge in [-0.15, -0.1) is 0 Å². The molecule has 2 aromatic rings. The molecule has 1 amide bonds. The number of oxime groups is 1. The lowest BCUT2D eigenvalue weighted by atomic mass is 9.96. The number of carbonyl (C=O) groups excluding carboxylic acids is 1. The fourth-order valence-electron chi connectivity index (χ4n) is 5.32. The Balaban J connectivity index is 1.11. The molecule has 3 atom stereocenters. The van der Waals surface area contributed by atoms with Crippen LogP contribution in [-0.2, 0) is 9.57 Å². The molecule has 5 rings (SSSR count). The average Bonchev–Trinajstić information content (AvgIpc) is 3.40. The number of nitrogens with zero attached hydrogens (tertiary/aromatic N) is 4. The highest BCUT2D eigenvalue weighted by Crippen LogP contribution is 2.26. The highest BCUT2D eigenvalue weighted by atomic mass is 16.7. The Bertz CT molecular complexity index is 1020. The van der Waals surface area contributed by atoms with Crippen molar-refractivity contribution in [2.45, 2.75) is 45.0 Å². The summed E-state index contributed by atoms with van der Waals surface area (Å²) < 4.78 is 5.21. The zero-order chi connectivity index (χ0) is 24.2. The summed E-state index contributed by atoms with van der Waals surface area (Å²) in [6, 6.07) is 19.4. The number of hydrogen-bond donors (Lipinski definition) is 1. The van der Waals surface area contributed by atoms with Crippen LogP contribution in [0.15, 0.2) is 59.8 Å². The van der Waals surface area contributed by atoms with Crippen molar-refractivity contribution in [3.8, 4) is 0 Å². The summed E-state index contributed by atoms with van der Waals surface area (Å²) in [5.41, 5.74) is 3.31. The van der Waals surface area contributed by atoms with Crippen LogP contribution in [0.2, 0.25) is 0 Å². The van der Waals surface area contributed by atoms with Crippen molar-refractivity contribution in [2.75, 3.05) is 44.2 Å². The van der Waals surface area contributed by atoms with Crippen LogP contribution in [0.4, 0.5) is 10.5 Å². The number of piperazine rings is 1. The number of nitrogens with one attached hydrogen (secondary N) is 1. The van der Waals surface area contributed by atoms with Gasteiger partial charge in [0, 0.05) is 61.6 Å². The molecular weight excluding hydrogens is 442 g/mol. The van der Waals surface area contributed by atoms with Gasteiger partial charge in [-0.25, -0.2) is 4.79 Å². The van der Waals surface area contributed by atoms with Gasteiger partial charge in [0.05, 0.1) is 6.61 Å². The van der Waals surface area contributed by atoms with Crippen molar-refractivity contribution < 1.29 is 14.4 Å². The Morgan fingerprint density at radius 2 is 1.80 bits per heavy atom. The molecule has 3 aliphatic heterocycles. The Morgan fingerprint density at radius 3 is 2.49 bits per heavy atom. The third-order valence-corrected chi connectivity index (χ3v) is 7.31. The second-order valence-electron chi connectivity index (χ2n) is 9.47. The first kappa shape index (κ1) is 23.5. The summed E-state index contributed by atoms with van der Waals surface area (Å²) >= 11 is 0. The van der Waals surface area contributed by atoms with Gasteiger partial charge in [0.25, 0.3) is 0 Å². The average molecular weight is 478 g/mol. The smallest absolute Gasteiger partial charge is 0.409 e. The molecule has 35 heavy (non-hydrogen) atoms. The molecular formula is C27H35N5O3. The molecule has 2 saturated heterocycles. The SMILES string of the molecule is CCOC(=O)N1CCC(N2CCN(c3ccc(C4=NOC(c5ccccc5)N4)cc3)CC2)CC1C. The van der Waals surface area contributed by atoms with Crippen LogP contribution in [0.5, 0.6) is 0 Å². The van der Waals surface area contributed by atoms with Gasteiger partial charge in [0.2, 0.25) is 6.23 Å². The van der Waals surface area contributed by atoms with Crippen molar-refractivity contribution >= 4 is 17.6 Å². The third-order valence-electron chi connectivity index (χ3n) is 7.31. The van der Waals surface area contributed by atoms with E-state index >= 15 is 0 Å². The molecule has 2 fully saturated rings. The van der Waals surface area contributed by atoms with Gasteiger partial charge in [0.15, 0.2) is 5.84 Å². The van der Waals surface area contributed by atoms with E-state index in [1.165, 1.54) is 5.69 Å². The lowest BCUT2D eigenvalue weighted by Gasteiger charge is -2.45. The van der Waals surface area contributed by atoms with Gasteiger partial charge < -0.3 is 24.7 Å². The first-order valence-electron chi connectivity index (χ1n) is 12.7. The highest BCUT2D eigenvalue weighted by Gasteiger charge is 2.33. The van der Waals surface area contributed by atoms with Crippen LogP contribution in [0.1, 0.15) is 44.0 Å². The van der Waals surface area contributed by atoms with Crippen LogP contribution < -0.4 is 10.2 Å². The summed E-state index contributed by atoms with van der Waals surface area (Å²) in [6.45, 7) is 9.29. The number of likely N-dealkylation sites (tertiary alicyclic amines) is 1. The van der Waals surface area contributed by atoms with Gasteiger partial charge >= 0.3 is 6.09 Å². The highest BCUT2D eigenvalue weighted by molar-refractivity contribution is 5.99. The third kappa shape index (κ3) is 5.22. The van der Waals surface area contributed by atoms with E-state index in [4.69, 9.17) is 9.57 Å². The van der Waals surface area contributed by atoms with E-state index in [2.05, 4.69) is 51.5 Å². The number of benzene rings is 2. The summed E-state index contributed by atoms with van der Waals surface area (Å²) in [7, 11) is 0. The summed E-state index contributed by atoms with van der Waals surface area (Å²) in [6.07, 6.45) is 1.60. The molecule has 3 unspecified atom stereocenters. The predicted molar refractivity (Wildman–Crippen MR) is 136 cm³/mol. The van der Waals surface area contributed by atoms with Crippen LogP contribution in [0, 0.1) is 0 Å². The summed E-state index contributed by atoms with van der Waals surface area (Å²) in [5.74, 6) is 0.763. The maximum absolute atomic E-state index is 12.1. The first-order chi connectivity index (χ1) is 17.1. The van der Waals surface area contributed by atoms with Crippen molar-refractivity contribution in [2.24, 2.45) is 5.16 Å². The number of ether oxygens (including phenoxy) is 1. The number of hydrogen-bond acceptors (Lipinski definition) is 7. The molecule has 2 aromatic carbocycles. The molecule has 0 radical (unpaired) electrons. The maximum atomic E-state index is 12.1. The molecule has 186 valence electrons. The minimum atomic E-state index is -0.245. The monoisotopic (exact) mass is 477 g/mol. The second kappa shape index (κ2) is 10.6. The number of piperidine rings is 1. The largest absolute Gasteiger partial charge is 0.450 e. The number of anilines is 1. The number of amidine groups is 1. The van der Waals surface area contributed by atoms with Crippen molar-refractivity contribution in [3.05, 3.63) is 65.7 Å². The summed E-state index contributed by atoms with van der Waals surface area (Å²) in [5, 5.41) is 7.61. The molecule has 0 bridgehead atoms. The fraction of sp³-hybridized carbons (Fsp3) is 0.481. The zero-order valence-electron chi connectivity index (χ0n) is 20.6. The van der Waals surface area contributed by atoms with E-state index in [1.807, 2.05) is 42.2 Å². The van der Waals surface area contributed by atoms with Crippen molar-refractivity contribution in [3.63, 3.8) is 0 Å². The molecule has 0 aliphatic carbocycles. The molecule has 0 spiro atoms. The van der Waals surface area contributed by atoms with Crippen molar-refractivity contribution in [1.82, 2.24) is 15.1 Å². The zero-order valence-corrected chi connectivity index (χ0v) is 20.6. The van der Waals surface area contributed by atoms with E-state index < -0.39 is 0 Å². The quantitative estimate of drug-likeness (QED) is 0.707. The summed E-state index contributed by atoms with van der Waals surface area (Å²) in [4.78, 5) is 24.7.